The number of benzene rings is 2. The van der Waals surface area contributed by atoms with Crippen molar-refractivity contribution in [3.05, 3.63) is 52.8 Å². The molecule has 0 N–H and O–H groups in total. The largest absolute Gasteiger partial charge is 0.492 e. The number of hydrogen-bond acceptors (Lipinski definition) is 8. The number of ether oxygens (including phenoxy) is 3. The molecule has 0 saturated heterocycles. The molecule has 166 valence electrons. The Morgan fingerprint density at radius 3 is 2.88 bits per heavy atom. The van der Waals surface area contributed by atoms with Gasteiger partial charge in [-0.3, -0.25) is 9.69 Å². The van der Waals surface area contributed by atoms with E-state index in [0.29, 0.717) is 34.3 Å². The van der Waals surface area contributed by atoms with Gasteiger partial charge >= 0.3 is 0 Å². The molecule has 10 heteroatoms. The van der Waals surface area contributed by atoms with Gasteiger partial charge in [0.1, 0.15) is 6.04 Å². The van der Waals surface area contributed by atoms with Crippen LogP contribution in [0.4, 0.5) is 0 Å². The van der Waals surface area contributed by atoms with Crippen LogP contribution >= 0.6 is 0 Å². The summed E-state index contributed by atoms with van der Waals surface area (Å²) in [6, 6.07) is 9.03. The molecular formula is C22H24N6O4. The van der Waals surface area contributed by atoms with Crippen LogP contribution in [0.3, 0.4) is 0 Å². The summed E-state index contributed by atoms with van der Waals surface area (Å²) in [5, 5.41) is 12.6. The molecule has 2 aliphatic rings. The molecule has 0 aliphatic carbocycles. The predicted octanol–water partition coefficient (Wildman–Crippen LogP) is 1.68. The lowest BCUT2D eigenvalue weighted by molar-refractivity contribution is 0.0827. The van der Waals surface area contributed by atoms with E-state index >= 15 is 0 Å². The van der Waals surface area contributed by atoms with Crippen LogP contribution in [0.5, 0.6) is 17.2 Å². The monoisotopic (exact) mass is 436 g/mol. The van der Waals surface area contributed by atoms with Gasteiger partial charge in [-0.1, -0.05) is 6.07 Å². The summed E-state index contributed by atoms with van der Waals surface area (Å²) in [7, 11) is 7.11. The zero-order chi connectivity index (χ0) is 22.4. The molecule has 0 bridgehead atoms. The van der Waals surface area contributed by atoms with E-state index in [2.05, 4.69) is 20.4 Å². The van der Waals surface area contributed by atoms with Crippen LogP contribution in [0.1, 0.15) is 33.4 Å². The molecule has 2 aromatic carbocycles. The first-order valence-electron chi connectivity index (χ1n) is 10.3. The molecule has 0 fully saturated rings. The van der Waals surface area contributed by atoms with Crippen LogP contribution in [0.2, 0.25) is 0 Å². The molecule has 0 spiro atoms. The molecule has 0 radical (unpaired) electrons. The van der Waals surface area contributed by atoms with Gasteiger partial charge in [0, 0.05) is 31.8 Å². The zero-order valence-electron chi connectivity index (χ0n) is 18.4. The molecule has 1 amide bonds. The molecular weight excluding hydrogens is 412 g/mol. The number of rotatable bonds is 4. The van der Waals surface area contributed by atoms with Crippen molar-refractivity contribution in [1.82, 2.24) is 30.0 Å². The Hall–Kier alpha value is -3.66. The number of fused-ring (bicyclic) bond motifs is 2. The quantitative estimate of drug-likeness (QED) is 0.610. The average molecular weight is 436 g/mol. The van der Waals surface area contributed by atoms with Crippen LogP contribution in [0.15, 0.2) is 30.3 Å². The normalized spacial score (nSPS) is 17.2. The smallest absolute Gasteiger partial charge is 0.253 e. The third-order valence-corrected chi connectivity index (χ3v) is 5.88. The minimum Gasteiger partial charge on any atom is -0.492 e. The van der Waals surface area contributed by atoms with E-state index in [1.54, 1.807) is 38.0 Å². The number of likely N-dealkylation sites (N-methyl/N-ethyl adjacent to an activating group) is 1. The second kappa shape index (κ2) is 7.79. The summed E-state index contributed by atoms with van der Waals surface area (Å²) >= 11 is 0. The summed E-state index contributed by atoms with van der Waals surface area (Å²) in [5.41, 5.74) is 3.34. The number of hydrogen-bond donors (Lipinski definition) is 0. The number of tetrazole rings is 1. The fourth-order valence-corrected chi connectivity index (χ4v) is 4.34. The van der Waals surface area contributed by atoms with Crippen molar-refractivity contribution in [2.75, 3.05) is 41.6 Å². The first kappa shape index (κ1) is 20.3. The van der Waals surface area contributed by atoms with Crippen molar-refractivity contribution in [3.63, 3.8) is 0 Å². The maximum absolute atomic E-state index is 12.5. The summed E-state index contributed by atoms with van der Waals surface area (Å²) in [6.07, 6.45) is 0.837. The van der Waals surface area contributed by atoms with Gasteiger partial charge in [0.15, 0.2) is 17.3 Å². The van der Waals surface area contributed by atoms with E-state index in [1.165, 1.54) is 4.90 Å². The summed E-state index contributed by atoms with van der Waals surface area (Å²) in [6.45, 7) is 0.978. The lowest BCUT2D eigenvalue weighted by Gasteiger charge is -2.34. The second-order valence-electron chi connectivity index (χ2n) is 8.05. The van der Waals surface area contributed by atoms with Crippen LogP contribution in [0.25, 0.3) is 5.69 Å². The molecule has 32 heavy (non-hydrogen) atoms. The topological polar surface area (TPSA) is 94.8 Å². The van der Waals surface area contributed by atoms with E-state index in [9.17, 15) is 4.79 Å². The minimum atomic E-state index is -0.272. The highest BCUT2D eigenvalue weighted by atomic mass is 16.7. The van der Waals surface area contributed by atoms with Crippen molar-refractivity contribution in [3.8, 4) is 22.9 Å². The Bertz CT molecular complexity index is 1190. The zero-order valence-corrected chi connectivity index (χ0v) is 18.4. The van der Waals surface area contributed by atoms with Gasteiger partial charge in [0.2, 0.25) is 12.5 Å². The van der Waals surface area contributed by atoms with Crippen molar-refractivity contribution >= 4 is 5.91 Å². The Kier molecular flexibility index (Phi) is 4.93. The van der Waals surface area contributed by atoms with Gasteiger partial charge in [-0.25, -0.2) is 0 Å². The highest BCUT2D eigenvalue weighted by Crippen LogP contribution is 2.50. The predicted molar refractivity (Wildman–Crippen MR) is 114 cm³/mol. The van der Waals surface area contributed by atoms with Gasteiger partial charge < -0.3 is 19.1 Å². The minimum absolute atomic E-state index is 0.0871. The third kappa shape index (κ3) is 3.14. The lowest BCUT2D eigenvalue weighted by Crippen LogP contribution is -2.35. The average Bonchev–Trinajstić information content (AvgIpc) is 3.46. The van der Waals surface area contributed by atoms with Crippen molar-refractivity contribution < 1.29 is 19.0 Å². The highest BCUT2D eigenvalue weighted by molar-refractivity contribution is 5.94. The first-order chi connectivity index (χ1) is 15.5. The van der Waals surface area contributed by atoms with Gasteiger partial charge in [0.05, 0.1) is 12.8 Å². The van der Waals surface area contributed by atoms with E-state index in [-0.39, 0.29) is 18.7 Å². The Morgan fingerprint density at radius 2 is 2.09 bits per heavy atom. The van der Waals surface area contributed by atoms with Gasteiger partial charge in [-0.15, -0.1) is 5.10 Å². The highest BCUT2D eigenvalue weighted by Gasteiger charge is 2.37. The fourth-order valence-electron chi connectivity index (χ4n) is 4.34. The lowest BCUT2D eigenvalue weighted by atomic mass is 9.90. The SMILES string of the molecule is COc1c2c(cc3c1C(c1nnnn1-c1cccc(C(=O)N(C)C)c1)N(C)CC3)OCO2. The molecule has 1 unspecified atom stereocenters. The first-order valence-corrected chi connectivity index (χ1v) is 10.3. The van der Waals surface area contributed by atoms with Gasteiger partial charge in [0.25, 0.3) is 5.91 Å². The standard InChI is InChI=1S/C22H24N6O4/c1-26(2)22(29)14-6-5-7-15(10-14)28-21(23-24-25-28)18-17-13(8-9-27(18)3)11-16-19(20(17)30-4)32-12-31-16/h5-7,10-11,18H,8-9,12H2,1-4H3. The number of carbonyl (C=O) groups excluding carboxylic acids is 1. The molecule has 2 aliphatic heterocycles. The molecule has 1 atom stereocenters. The van der Waals surface area contributed by atoms with E-state index < -0.39 is 0 Å². The Morgan fingerprint density at radius 1 is 1.25 bits per heavy atom. The van der Waals surface area contributed by atoms with E-state index in [4.69, 9.17) is 14.2 Å². The van der Waals surface area contributed by atoms with E-state index in [0.717, 1.165) is 24.1 Å². The number of amides is 1. The Labute approximate surface area is 185 Å². The van der Waals surface area contributed by atoms with Crippen molar-refractivity contribution in [2.45, 2.75) is 12.5 Å². The van der Waals surface area contributed by atoms with Crippen LogP contribution in [0, 0.1) is 0 Å². The van der Waals surface area contributed by atoms with Crippen LogP contribution < -0.4 is 14.2 Å². The number of nitrogens with zero attached hydrogens (tertiary/aromatic N) is 6. The number of carbonyl (C=O) groups is 1. The van der Waals surface area contributed by atoms with Gasteiger partial charge in [-0.2, -0.15) is 4.68 Å². The summed E-state index contributed by atoms with van der Waals surface area (Å²) in [5.74, 6) is 2.47. The second-order valence-corrected chi connectivity index (χ2v) is 8.05. The number of methoxy groups -OCH3 is 1. The fraction of sp³-hybridized carbons (Fsp3) is 0.364. The maximum Gasteiger partial charge on any atom is 0.253 e. The molecule has 1 aromatic heterocycles. The summed E-state index contributed by atoms with van der Waals surface area (Å²) < 4.78 is 18.8. The molecule has 0 saturated carbocycles. The van der Waals surface area contributed by atoms with Crippen LogP contribution in [-0.2, 0) is 6.42 Å². The molecule has 10 nitrogen and oxygen atoms in total. The molecule has 3 heterocycles. The molecule has 5 rings (SSSR count). The number of aromatic nitrogens is 4. The van der Waals surface area contributed by atoms with Crippen LogP contribution in [-0.4, -0.2) is 77.5 Å². The maximum atomic E-state index is 12.5. The van der Waals surface area contributed by atoms with Crippen molar-refractivity contribution in [1.29, 1.82) is 0 Å². The molecule has 3 aromatic rings. The summed E-state index contributed by atoms with van der Waals surface area (Å²) in [4.78, 5) is 16.2. The van der Waals surface area contributed by atoms with E-state index in [1.807, 2.05) is 25.2 Å². The third-order valence-electron chi connectivity index (χ3n) is 5.88. The van der Waals surface area contributed by atoms with Crippen molar-refractivity contribution in [2.24, 2.45) is 0 Å². The Balaban J connectivity index is 1.64. The van der Waals surface area contributed by atoms with Gasteiger partial charge in [-0.05, 0) is 53.7 Å².